The highest BCUT2D eigenvalue weighted by molar-refractivity contribution is 5.67. The average molecular weight is 222 g/mol. The largest absolute Gasteiger partial charge is 0.488 e. The van der Waals surface area contributed by atoms with Crippen molar-refractivity contribution in [1.82, 2.24) is 0 Å². The molecule has 88 valence electrons. The number of carboxylic acid groups (broad SMARTS) is 1. The number of aryl methyl sites for hydroxylation is 1. The molecular weight excluding hydrogens is 204 g/mol. The quantitative estimate of drug-likeness (QED) is 0.852. The van der Waals surface area contributed by atoms with E-state index in [1.54, 1.807) is 0 Å². The van der Waals surface area contributed by atoms with Gasteiger partial charge in [-0.2, -0.15) is 0 Å². The minimum atomic E-state index is -0.769. The maximum absolute atomic E-state index is 10.4. The van der Waals surface area contributed by atoms with Gasteiger partial charge in [0, 0.05) is 6.42 Å². The second kappa shape index (κ2) is 5.01. The molecule has 0 heterocycles. The summed E-state index contributed by atoms with van der Waals surface area (Å²) in [6.45, 7) is 5.97. The van der Waals surface area contributed by atoms with Crippen molar-refractivity contribution in [3.63, 3.8) is 0 Å². The fourth-order valence-electron chi connectivity index (χ4n) is 1.33. The van der Waals surface area contributed by atoms with Crippen molar-refractivity contribution in [2.45, 2.75) is 39.2 Å². The molecule has 0 radical (unpaired) electrons. The first-order chi connectivity index (χ1) is 7.37. The molecule has 0 bridgehead atoms. The molecule has 3 heteroatoms. The first kappa shape index (κ1) is 12.6. The Hall–Kier alpha value is -1.51. The molecule has 0 unspecified atom stereocenters. The van der Waals surface area contributed by atoms with Gasteiger partial charge in [0.25, 0.3) is 0 Å². The summed E-state index contributed by atoms with van der Waals surface area (Å²) < 4.78 is 5.67. The van der Waals surface area contributed by atoms with Crippen LogP contribution in [-0.2, 0) is 11.2 Å². The summed E-state index contributed by atoms with van der Waals surface area (Å²) in [7, 11) is 0. The Morgan fingerprint density at radius 1 is 1.25 bits per heavy atom. The van der Waals surface area contributed by atoms with Crippen LogP contribution in [0.3, 0.4) is 0 Å². The van der Waals surface area contributed by atoms with Gasteiger partial charge in [0.15, 0.2) is 0 Å². The van der Waals surface area contributed by atoms with E-state index >= 15 is 0 Å². The molecule has 0 fully saturated rings. The highest BCUT2D eigenvalue weighted by atomic mass is 16.5. The summed E-state index contributed by atoms with van der Waals surface area (Å²) in [4.78, 5) is 10.4. The average Bonchev–Trinajstić information content (AvgIpc) is 2.14. The number of benzene rings is 1. The molecule has 0 saturated carbocycles. The van der Waals surface area contributed by atoms with Gasteiger partial charge in [0.1, 0.15) is 11.4 Å². The summed E-state index contributed by atoms with van der Waals surface area (Å²) in [6.07, 6.45) is 0.727. The molecule has 1 aromatic rings. The van der Waals surface area contributed by atoms with E-state index in [1.165, 1.54) is 0 Å². The van der Waals surface area contributed by atoms with E-state index in [1.807, 2.05) is 45.0 Å². The monoisotopic (exact) mass is 222 g/mol. The Morgan fingerprint density at radius 2 is 1.81 bits per heavy atom. The third kappa shape index (κ3) is 4.82. The van der Waals surface area contributed by atoms with Crippen LogP contribution in [0.15, 0.2) is 24.3 Å². The van der Waals surface area contributed by atoms with E-state index in [0.29, 0.717) is 6.42 Å². The third-order valence-corrected chi connectivity index (χ3v) is 1.97. The Balaban J connectivity index is 2.57. The summed E-state index contributed by atoms with van der Waals surface area (Å²) in [6, 6.07) is 7.57. The number of hydrogen-bond donors (Lipinski definition) is 1. The van der Waals surface area contributed by atoms with Crippen LogP contribution < -0.4 is 4.74 Å². The highest BCUT2D eigenvalue weighted by Gasteiger charge is 2.11. The van der Waals surface area contributed by atoms with Crippen molar-refractivity contribution in [2.75, 3.05) is 0 Å². The van der Waals surface area contributed by atoms with Crippen molar-refractivity contribution in [3.8, 4) is 5.75 Å². The van der Waals surface area contributed by atoms with Crippen LogP contribution in [0.5, 0.6) is 5.75 Å². The lowest BCUT2D eigenvalue weighted by Crippen LogP contribution is -2.22. The fraction of sp³-hybridized carbons (Fsp3) is 0.462. The third-order valence-electron chi connectivity index (χ3n) is 1.97. The van der Waals surface area contributed by atoms with E-state index in [0.717, 1.165) is 11.3 Å². The summed E-state index contributed by atoms with van der Waals surface area (Å²) >= 11 is 0. The number of carboxylic acids is 1. The van der Waals surface area contributed by atoms with Crippen molar-refractivity contribution >= 4 is 5.97 Å². The standard InChI is InChI=1S/C13H18O3/c1-13(2,3)16-11-7-4-10(5-8-11)6-9-12(14)15/h4-5,7-8H,6,9H2,1-3H3,(H,14,15). The molecule has 0 aliphatic heterocycles. The molecule has 0 amide bonds. The molecular formula is C13H18O3. The predicted molar refractivity (Wildman–Crippen MR) is 62.8 cm³/mol. The molecule has 1 N–H and O–H groups in total. The van der Waals surface area contributed by atoms with Crippen molar-refractivity contribution in [1.29, 1.82) is 0 Å². The van der Waals surface area contributed by atoms with Gasteiger partial charge in [-0.3, -0.25) is 4.79 Å². The van der Waals surface area contributed by atoms with Crippen molar-refractivity contribution < 1.29 is 14.6 Å². The van der Waals surface area contributed by atoms with Gasteiger partial charge in [-0.15, -0.1) is 0 Å². The zero-order chi connectivity index (χ0) is 12.2. The maximum atomic E-state index is 10.4. The maximum Gasteiger partial charge on any atom is 0.303 e. The van der Waals surface area contributed by atoms with Gasteiger partial charge in [0.05, 0.1) is 0 Å². The number of rotatable bonds is 4. The van der Waals surface area contributed by atoms with Gasteiger partial charge >= 0.3 is 5.97 Å². The lowest BCUT2D eigenvalue weighted by atomic mass is 10.1. The molecule has 0 atom stereocenters. The minimum absolute atomic E-state index is 0.166. The Kier molecular flexibility index (Phi) is 3.93. The van der Waals surface area contributed by atoms with Gasteiger partial charge < -0.3 is 9.84 Å². The second-order valence-electron chi connectivity index (χ2n) is 4.75. The normalized spacial score (nSPS) is 11.2. The Morgan fingerprint density at radius 3 is 2.25 bits per heavy atom. The van der Waals surface area contributed by atoms with E-state index in [9.17, 15) is 4.79 Å². The molecule has 0 spiro atoms. The minimum Gasteiger partial charge on any atom is -0.488 e. The van der Waals surface area contributed by atoms with Crippen LogP contribution in [0.25, 0.3) is 0 Å². The molecule has 1 aromatic carbocycles. The molecule has 3 nitrogen and oxygen atoms in total. The molecule has 0 saturated heterocycles. The zero-order valence-electron chi connectivity index (χ0n) is 9.99. The van der Waals surface area contributed by atoms with Gasteiger partial charge in [-0.25, -0.2) is 0 Å². The smallest absolute Gasteiger partial charge is 0.303 e. The highest BCUT2D eigenvalue weighted by Crippen LogP contribution is 2.18. The summed E-state index contributed by atoms with van der Waals surface area (Å²) in [5.41, 5.74) is 0.812. The summed E-state index contributed by atoms with van der Waals surface area (Å²) in [5.74, 6) is 0.0431. The van der Waals surface area contributed by atoms with Crippen LogP contribution in [0.1, 0.15) is 32.8 Å². The molecule has 0 aromatic heterocycles. The molecule has 16 heavy (non-hydrogen) atoms. The number of carbonyl (C=O) groups is 1. The van der Waals surface area contributed by atoms with Crippen LogP contribution in [0, 0.1) is 0 Å². The Labute approximate surface area is 96.1 Å². The van der Waals surface area contributed by atoms with E-state index in [2.05, 4.69) is 0 Å². The Bertz CT molecular complexity index is 346. The lowest BCUT2D eigenvalue weighted by Gasteiger charge is -2.21. The lowest BCUT2D eigenvalue weighted by molar-refractivity contribution is -0.136. The van der Waals surface area contributed by atoms with Gasteiger partial charge in [-0.1, -0.05) is 12.1 Å². The first-order valence-corrected chi connectivity index (χ1v) is 5.36. The van der Waals surface area contributed by atoms with E-state index < -0.39 is 5.97 Å². The van der Waals surface area contributed by atoms with Crippen LogP contribution in [0.2, 0.25) is 0 Å². The topological polar surface area (TPSA) is 46.5 Å². The molecule has 1 rings (SSSR count). The van der Waals surface area contributed by atoms with Gasteiger partial charge in [-0.05, 0) is 44.9 Å². The zero-order valence-corrected chi connectivity index (χ0v) is 9.99. The van der Waals surface area contributed by atoms with Crippen LogP contribution >= 0.6 is 0 Å². The number of aliphatic carboxylic acids is 1. The van der Waals surface area contributed by atoms with Gasteiger partial charge in [0.2, 0.25) is 0 Å². The molecule has 0 aliphatic carbocycles. The second-order valence-corrected chi connectivity index (χ2v) is 4.75. The van der Waals surface area contributed by atoms with E-state index in [-0.39, 0.29) is 12.0 Å². The van der Waals surface area contributed by atoms with Crippen molar-refractivity contribution in [2.24, 2.45) is 0 Å². The number of ether oxygens (including phenoxy) is 1. The molecule has 0 aliphatic rings. The van der Waals surface area contributed by atoms with E-state index in [4.69, 9.17) is 9.84 Å². The van der Waals surface area contributed by atoms with Crippen LogP contribution in [0.4, 0.5) is 0 Å². The first-order valence-electron chi connectivity index (χ1n) is 5.36. The fourth-order valence-corrected chi connectivity index (χ4v) is 1.33. The SMILES string of the molecule is CC(C)(C)Oc1ccc(CCC(=O)O)cc1. The van der Waals surface area contributed by atoms with Crippen molar-refractivity contribution in [3.05, 3.63) is 29.8 Å². The predicted octanol–water partition coefficient (Wildman–Crippen LogP) is 2.88. The van der Waals surface area contributed by atoms with Crippen LogP contribution in [-0.4, -0.2) is 16.7 Å². The number of hydrogen-bond acceptors (Lipinski definition) is 2. The summed E-state index contributed by atoms with van der Waals surface area (Å²) in [5, 5.41) is 8.56.